The smallest absolute Gasteiger partial charge is 0.0589 e. The van der Waals surface area contributed by atoms with E-state index in [1.807, 2.05) is 0 Å². The van der Waals surface area contributed by atoms with Crippen molar-refractivity contribution >= 4 is 39.7 Å². The van der Waals surface area contributed by atoms with Crippen molar-refractivity contribution in [3.8, 4) is 0 Å². The molecule has 3 nitrogen and oxygen atoms in total. The van der Waals surface area contributed by atoms with Gasteiger partial charge in [0.2, 0.25) is 0 Å². The Bertz CT molecular complexity index is 341. The molecule has 18 heavy (non-hydrogen) atoms. The number of methoxy groups -OCH3 is 1. The largest absolute Gasteiger partial charge is 0.383 e. The van der Waals surface area contributed by atoms with E-state index in [1.165, 1.54) is 4.88 Å². The van der Waals surface area contributed by atoms with E-state index in [4.69, 9.17) is 10.5 Å². The minimum absolute atomic E-state index is 0. The van der Waals surface area contributed by atoms with Crippen LogP contribution in [0.4, 0.5) is 0 Å². The molecule has 0 atom stereocenters. The average Bonchev–Trinajstić information content (AvgIpc) is 2.58. The molecular formula is C12H22BrClN2OS. The van der Waals surface area contributed by atoms with Crippen molar-refractivity contribution in [3.63, 3.8) is 0 Å². The molecule has 0 fully saturated rings. The summed E-state index contributed by atoms with van der Waals surface area (Å²) in [6.45, 7) is 7.55. The van der Waals surface area contributed by atoms with E-state index in [1.54, 1.807) is 18.4 Å². The second kappa shape index (κ2) is 8.51. The molecule has 1 aromatic heterocycles. The molecule has 106 valence electrons. The first kappa shape index (κ1) is 18.4. The fourth-order valence-electron chi connectivity index (χ4n) is 1.67. The predicted molar refractivity (Wildman–Crippen MR) is 84.7 cm³/mol. The minimum Gasteiger partial charge on any atom is -0.383 e. The van der Waals surface area contributed by atoms with Gasteiger partial charge in [-0.1, -0.05) is 0 Å². The molecule has 1 rings (SSSR count). The highest BCUT2D eigenvalue weighted by Gasteiger charge is 2.17. The predicted octanol–water partition coefficient (Wildman–Crippen LogP) is 3.12. The van der Waals surface area contributed by atoms with E-state index in [9.17, 15) is 0 Å². The summed E-state index contributed by atoms with van der Waals surface area (Å²) in [5.41, 5.74) is 5.90. The van der Waals surface area contributed by atoms with E-state index < -0.39 is 0 Å². The number of rotatable bonds is 7. The van der Waals surface area contributed by atoms with Crippen molar-refractivity contribution < 1.29 is 4.74 Å². The molecule has 0 spiro atoms. The highest BCUT2D eigenvalue weighted by atomic mass is 79.9. The van der Waals surface area contributed by atoms with Gasteiger partial charge in [-0.3, -0.25) is 4.90 Å². The van der Waals surface area contributed by atoms with Crippen molar-refractivity contribution in [1.29, 1.82) is 0 Å². The molecule has 0 aliphatic rings. The summed E-state index contributed by atoms with van der Waals surface area (Å²) in [5, 5.41) is 2.11. The van der Waals surface area contributed by atoms with Gasteiger partial charge in [-0.15, -0.1) is 23.7 Å². The van der Waals surface area contributed by atoms with E-state index in [-0.39, 0.29) is 17.9 Å². The summed E-state index contributed by atoms with van der Waals surface area (Å²) in [5.74, 6) is 0. The molecule has 0 unspecified atom stereocenters. The van der Waals surface area contributed by atoms with Gasteiger partial charge in [-0.05, 0) is 35.8 Å². The molecule has 0 aliphatic carbocycles. The van der Waals surface area contributed by atoms with E-state index >= 15 is 0 Å². The van der Waals surface area contributed by atoms with Gasteiger partial charge in [-0.2, -0.15) is 0 Å². The number of halogens is 2. The molecule has 6 heteroatoms. The minimum atomic E-state index is -0.178. The van der Waals surface area contributed by atoms with Crippen molar-refractivity contribution in [2.24, 2.45) is 5.73 Å². The maximum Gasteiger partial charge on any atom is 0.0589 e. The Kier molecular flexibility index (Phi) is 8.67. The molecule has 0 radical (unpaired) electrons. The third-order valence-corrected chi connectivity index (χ3v) is 3.93. The summed E-state index contributed by atoms with van der Waals surface area (Å²) < 4.78 is 6.29. The van der Waals surface area contributed by atoms with Gasteiger partial charge in [0, 0.05) is 47.0 Å². The van der Waals surface area contributed by atoms with Crippen LogP contribution in [-0.4, -0.2) is 37.2 Å². The Labute approximate surface area is 128 Å². The fraction of sp³-hybridized carbons (Fsp3) is 0.667. The molecule has 0 aliphatic heterocycles. The van der Waals surface area contributed by atoms with Gasteiger partial charge in [-0.25, -0.2) is 0 Å². The molecular weight excluding hydrogens is 336 g/mol. The lowest BCUT2D eigenvalue weighted by molar-refractivity contribution is 0.131. The third kappa shape index (κ3) is 7.71. The number of ether oxygens (including phenoxy) is 1. The zero-order valence-corrected chi connectivity index (χ0v) is 14.3. The van der Waals surface area contributed by atoms with Crippen LogP contribution < -0.4 is 5.73 Å². The second-order valence-electron chi connectivity index (χ2n) is 4.92. The van der Waals surface area contributed by atoms with Gasteiger partial charge in [0.1, 0.15) is 0 Å². The zero-order valence-electron chi connectivity index (χ0n) is 11.1. The van der Waals surface area contributed by atoms with Crippen molar-refractivity contribution in [1.82, 2.24) is 4.90 Å². The third-order valence-electron chi connectivity index (χ3n) is 2.24. The van der Waals surface area contributed by atoms with Crippen molar-refractivity contribution in [2.45, 2.75) is 25.9 Å². The number of hydrogen-bond donors (Lipinski definition) is 1. The van der Waals surface area contributed by atoms with Gasteiger partial charge >= 0.3 is 0 Å². The van der Waals surface area contributed by atoms with Crippen LogP contribution in [0.2, 0.25) is 0 Å². The van der Waals surface area contributed by atoms with Crippen LogP contribution in [0.15, 0.2) is 15.9 Å². The Balaban J connectivity index is 0.00000289. The zero-order chi connectivity index (χ0) is 12.9. The molecule has 0 bridgehead atoms. The Morgan fingerprint density at radius 2 is 2.17 bits per heavy atom. The summed E-state index contributed by atoms with van der Waals surface area (Å²) in [6, 6.07) is 2.16. The first-order valence-corrected chi connectivity index (χ1v) is 7.31. The maximum absolute atomic E-state index is 6.08. The number of hydrogen-bond acceptors (Lipinski definition) is 4. The fourth-order valence-corrected chi connectivity index (χ4v) is 3.16. The van der Waals surface area contributed by atoms with Gasteiger partial charge < -0.3 is 10.5 Å². The molecule has 0 amide bonds. The lowest BCUT2D eigenvalue weighted by atomic mass is 10.1. The molecule has 2 N–H and O–H groups in total. The first-order valence-electron chi connectivity index (χ1n) is 5.64. The number of thiophene rings is 1. The molecule has 0 aromatic carbocycles. The molecule has 0 saturated carbocycles. The summed E-state index contributed by atoms with van der Waals surface area (Å²) >= 11 is 5.25. The topological polar surface area (TPSA) is 38.5 Å². The standard InChI is InChI=1S/C12H21BrN2OS.ClH/c1-12(2,14)9-15(4-5-16-3)7-11-6-10(13)8-17-11;/h6,8H,4-5,7,9,14H2,1-3H3;1H. The lowest BCUT2D eigenvalue weighted by Crippen LogP contribution is -2.45. The normalized spacial score (nSPS) is 11.7. The van der Waals surface area contributed by atoms with E-state index in [0.717, 1.165) is 30.7 Å². The van der Waals surface area contributed by atoms with Gasteiger partial charge in [0.25, 0.3) is 0 Å². The van der Waals surface area contributed by atoms with Crippen molar-refractivity contribution in [2.75, 3.05) is 26.8 Å². The van der Waals surface area contributed by atoms with E-state index in [0.29, 0.717) is 0 Å². The van der Waals surface area contributed by atoms with Crippen LogP contribution in [0, 0.1) is 0 Å². The SMILES string of the molecule is COCCN(Cc1cc(Br)cs1)CC(C)(C)N.Cl. The van der Waals surface area contributed by atoms with Gasteiger partial charge in [0.05, 0.1) is 6.61 Å². The quantitative estimate of drug-likeness (QED) is 0.815. The summed E-state index contributed by atoms with van der Waals surface area (Å²) in [4.78, 5) is 3.68. The number of nitrogens with two attached hydrogens (primary N) is 1. The monoisotopic (exact) mass is 356 g/mol. The van der Waals surface area contributed by atoms with E-state index in [2.05, 4.69) is 46.1 Å². The lowest BCUT2D eigenvalue weighted by Gasteiger charge is -2.29. The average molecular weight is 358 g/mol. The van der Waals surface area contributed by atoms with Crippen LogP contribution in [0.3, 0.4) is 0 Å². The van der Waals surface area contributed by atoms with Crippen LogP contribution >= 0.6 is 39.7 Å². The van der Waals surface area contributed by atoms with Crippen molar-refractivity contribution in [3.05, 3.63) is 20.8 Å². The highest BCUT2D eigenvalue weighted by molar-refractivity contribution is 9.10. The van der Waals surface area contributed by atoms with Crippen LogP contribution in [0.5, 0.6) is 0 Å². The highest BCUT2D eigenvalue weighted by Crippen LogP contribution is 2.21. The van der Waals surface area contributed by atoms with Gasteiger partial charge in [0.15, 0.2) is 0 Å². The van der Waals surface area contributed by atoms with Crippen LogP contribution in [0.1, 0.15) is 18.7 Å². The Hall–Kier alpha value is 0.350. The van der Waals surface area contributed by atoms with Crippen LogP contribution in [-0.2, 0) is 11.3 Å². The summed E-state index contributed by atoms with van der Waals surface area (Å²) in [6.07, 6.45) is 0. The molecule has 1 aromatic rings. The Morgan fingerprint density at radius 3 is 2.61 bits per heavy atom. The second-order valence-corrected chi connectivity index (χ2v) is 6.83. The maximum atomic E-state index is 6.08. The first-order chi connectivity index (χ1) is 7.90. The Morgan fingerprint density at radius 1 is 1.50 bits per heavy atom. The summed E-state index contributed by atoms with van der Waals surface area (Å²) in [7, 11) is 1.73. The molecule has 0 saturated heterocycles. The molecule has 1 heterocycles. The van der Waals surface area contributed by atoms with Crippen LogP contribution in [0.25, 0.3) is 0 Å². The number of nitrogens with zero attached hydrogens (tertiary/aromatic N) is 1.